The molecule has 0 bridgehead atoms. The number of benzene rings is 8. The van der Waals surface area contributed by atoms with Crippen LogP contribution >= 0.6 is 11.3 Å². The molecule has 0 atom stereocenters. The van der Waals surface area contributed by atoms with Crippen LogP contribution in [0.15, 0.2) is 192 Å². The van der Waals surface area contributed by atoms with Gasteiger partial charge in [-0.1, -0.05) is 152 Å². The molecule has 56 heavy (non-hydrogen) atoms. The zero-order valence-electron chi connectivity index (χ0n) is 35.6. The summed E-state index contributed by atoms with van der Waals surface area (Å²) in [6.45, 7) is 0. The standard InChI is InChI=1S/C51H31N3OS/c1-3-11-32(12-4-1)34-21-23-35(24-22-34)49-52-50(54-51(53-49)42-18-10-20-45-48(42)41-17-7-8-19-44(41)55-45)39-25-27-40-43-30-38(26-28-46(43)56-47(40)31-39)37-16-9-15-36(29-37)33-13-5-2-6-14-33/h1-31H/i25D,26D,27D,28D,30D,31D. The minimum Gasteiger partial charge on any atom is -0.456 e. The lowest BCUT2D eigenvalue weighted by atomic mass is 9.98. The Bertz CT molecular complexity index is 3590. The van der Waals surface area contributed by atoms with Gasteiger partial charge in [-0.2, -0.15) is 0 Å². The number of thiophene rings is 1. The first-order chi connectivity index (χ1) is 30.2. The van der Waals surface area contributed by atoms with Gasteiger partial charge in [0.25, 0.3) is 0 Å². The van der Waals surface area contributed by atoms with E-state index in [9.17, 15) is 6.85 Å². The summed E-state index contributed by atoms with van der Waals surface area (Å²) < 4.78 is 63.4. The van der Waals surface area contributed by atoms with Crippen LogP contribution < -0.4 is 0 Å². The molecule has 0 aliphatic heterocycles. The van der Waals surface area contributed by atoms with E-state index in [1.54, 1.807) is 0 Å². The van der Waals surface area contributed by atoms with Crippen LogP contribution in [-0.2, 0) is 0 Å². The molecule has 0 amide bonds. The van der Waals surface area contributed by atoms with Gasteiger partial charge in [-0.15, -0.1) is 11.3 Å². The molecule has 8 aromatic carbocycles. The smallest absolute Gasteiger partial charge is 0.164 e. The average Bonchev–Trinajstić information content (AvgIpc) is 3.92. The Morgan fingerprint density at radius 3 is 1.79 bits per heavy atom. The zero-order valence-corrected chi connectivity index (χ0v) is 30.4. The van der Waals surface area contributed by atoms with Crippen LogP contribution in [0.3, 0.4) is 0 Å². The van der Waals surface area contributed by atoms with Gasteiger partial charge in [-0.3, -0.25) is 0 Å². The maximum Gasteiger partial charge on any atom is 0.164 e. The van der Waals surface area contributed by atoms with Crippen molar-refractivity contribution in [2.75, 3.05) is 0 Å². The van der Waals surface area contributed by atoms with Crippen LogP contribution in [0.4, 0.5) is 0 Å². The highest BCUT2D eigenvalue weighted by atomic mass is 32.1. The molecule has 11 rings (SSSR count). The van der Waals surface area contributed by atoms with Crippen molar-refractivity contribution in [3.05, 3.63) is 188 Å². The van der Waals surface area contributed by atoms with E-state index in [0.29, 0.717) is 48.9 Å². The summed E-state index contributed by atoms with van der Waals surface area (Å²) >= 11 is 1.08. The van der Waals surface area contributed by atoms with E-state index < -0.39 is 0 Å². The molecule has 262 valence electrons. The van der Waals surface area contributed by atoms with Crippen molar-refractivity contribution < 1.29 is 12.6 Å². The lowest BCUT2D eigenvalue weighted by molar-refractivity contribution is 0.669. The van der Waals surface area contributed by atoms with E-state index >= 15 is 0 Å². The van der Waals surface area contributed by atoms with Gasteiger partial charge in [0, 0.05) is 47.6 Å². The predicted octanol–water partition coefficient (Wildman–Crippen LogP) is 14.1. The Morgan fingerprint density at radius 1 is 0.393 bits per heavy atom. The number of hydrogen-bond donors (Lipinski definition) is 0. The molecule has 0 N–H and O–H groups in total. The van der Waals surface area contributed by atoms with Gasteiger partial charge in [0.2, 0.25) is 0 Å². The number of furan rings is 1. The van der Waals surface area contributed by atoms with E-state index in [0.717, 1.165) is 44.4 Å². The Balaban J connectivity index is 1.13. The number of nitrogens with zero attached hydrogens (tertiary/aromatic N) is 3. The first-order valence-electron chi connectivity index (χ1n) is 21.2. The quantitative estimate of drug-likeness (QED) is 0.170. The van der Waals surface area contributed by atoms with Crippen LogP contribution in [0, 0.1) is 0 Å². The van der Waals surface area contributed by atoms with Crippen molar-refractivity contribution in [3.8, 4) is 67.5 Å². The van der Waals surface area contributed by atoms with Crippen molar-refractivity contribution in [2.24, 2.45) is 0 Å². The molecule has 4 nitrogen and oxygen atoms in total. The number of hydrogen-bond acceptors (Lipinski definition) is 5. The molecule has 0 spiro atoms. The van der Waals surface area contributed by atoms with Crippen molar-refractivity contribution in [1.82, 2.24) is 15.0 Å². The summed E-state index contributed by atoms with van der Waals surface area (Å²) in [6.07, 6.45) is 0. The fourth-order valence-electron chi connectivity index (χ4n) is 7.27. The van der Waals surface area contributed by atoms with Gasteiger partial charge in [0.1, 0.15) is 11.2 Å². The topological polar surface area (TPSA) is 51.8 Å². The highest BCUT2D eigenvalue weighted by Gasteiger charge is 2.19. The maximum absolute atomic E-state index is 9.69. The molecule has 0 saturated heterocycles. The van der Waals surface area contributed by atoms with Crippen molar-refractivity contribution in [2.45, 2.75) is 0 Å². The summed E-state index contributed by atoms with van der Waals surface area (Å²) in [7, 11) is 0. The fraction of sp³-hybridized carbons (Fsp3) is 0. The number of fused-ring (bicyclic) bond motifs is 6. The first kappa shape index (κ1) is 26.5. The van der Waals surface area contributed by atoms with E-state index in [1.165, 1.54) is 0 Å². The second kappa shape index (κ2) is 13.3. The molecular formula is C51H31N3OS. The lowest BCUT2D eigenvalue weighted by Gasteiger charge is -2.10. The van der Waals surface area contributed by atoms with Crippen LogP contribution in [0.1, 0.15) is 8.22 Å². The lowest BCUT2D eigenvalue weighted by Crippen LogP contribution is -2.00. The largest absolute Gasteiger partial charge is 0.456 e. The second-order valence-electron chi connectivity index (χ2n) is 13.5. The SMILES string of the molecule is [2H]c1c(-c2cccc(-c3ccccc3)c2)c([2H])c2c(sc3c([2H])c(-c4nc(-c5ccc(-c6ccccc6)cc5)nc(-c5cccc6oc7ccccc7c56)n4)c([2H])c([2H])c32)c1[2H]. The molecule has 0 saturated carbocycles. The summed E-state index contributed by atoms with van der Waals surface area (Å²) in [5.74, 6) is 0.667. The molecule has 3 aromatic heterocycles. The molecule has 0 radical (unpaired) electrons. The van der Waals surface area contributed by atoms with E-state index in [1.807, 2.05) is 152 Å². The first-order valence-corrected chi connectivity index (χ1v) is 19.0. The fourth-order valence-corrected chi connectivity index (χ4v) is 8.24. The second-order valence-corrected chi connectivity index (χ2v) is 14.5. The van der Waals surface area contributed by atoms with Crippen LogP contribution in [0.25, 0.3) is 110 Å². The zero-order chi connectivity index (χ0) is 42.2. The predicted molar refractivity (Wildman–Crippen MR) is 233 cm³/mol. The maximum atomic E-state index is 9.69. The summed E-state index contributed by atoms with van der Waals surface area (Å²) in [6, 6.07) is 47.9. The van der Waals surface area contributed by atoms with E-state index in [-0.39, 0.29) is 64.0 Å². The average molecular weight is 740 g/mol. The molecule has 3 heterocycles. The Labute approximate surface area is 335 Å². The van der Waals surface area contributed by atoms with Crippen LogP contribution in [0.5, 0.6) is 0 Å². The summed E-state index contributed by atoms with van der Waals surface area (Å²) in [5.41, 5.74) is 7.56. The minimum absolute atomic E-state index is 0.0263. The van der Waals surface area contributed by atoms with Gasteiger partial charge in [0.15, 0.2) is 17.5 Å². The van der Waals surface area contributed by atoms with Crippen molar-refractivity contribution in [3.63, 3.8) is 0 Å². The van der Waals surface area contributed by atoms with Crippen LogP contribution in [-0.4, -0.2) is 15.0 Å². The Morgan fingerprint density at radius 2 is 0.982 bits per heavy atom. The highest BCUT2D eigenvalue weighted by molar-refractivity contribution is 7.25. The van der Waals surface area contributed by atoms with Gasteiger partial charge < -0.3 is 4.42 Å². The Kier molecular flexibility index (Phi) is 6.29. The summed E-state index contributed by atoms with van der Waals surface area (Å²) in [4.78, 5) is 14.9. The monoisotopic (exact) mass is 739 g/mol. The van der Waals surface area contributed by atoms with Crippen molar-refractivity contribution >= 4 is 53.4 Å². The molecular weight excluding hydrogens is 703 g/mol. The highest BCUT2D eigenvalue weighted by Crippen LogP contribution is 2.40. The molecule has 5 heteroatoms. The third-order valence-electron chi connectivity index (χ3n) is 10.0. The molecule has 0 unspecified atom stereocenters. The number of para-hydroxylation sites is 1. The number of rotatable bonds is 6. The van der Waals surface area contributed by atoms with E-state index in [2.05, 4.69) is 0 Å². The Hall–Kier alpha value is -7.21. The molecule has 11 aromatic rings. The van der Waals surface area contributed by atoms with E-state index in [4.69, 9.17) is 20.7 Å². The van der Waals surface area contributed by atoms with Gasteiger partial charge >= 0.3 is 0 Å². The minimum atomic E-state index is -0.287. The molecule has 0 aliphatic rings. The van der Waals surface area contributed by atoms with Gasteiger partial charge in [-0.25, -0.2) is 15.0 Å². The normalized spacial score (nSPS) is 13.1. The number of aromatic nitrogens is 3. The molecule has 0 aliphatic carbocycles. The third kappa shape index (κ3) is 5.65. The third-order valence-corrected chi connectivity index (χ3v) is 11.0. The van der Waals surface area contributed by atoms with Gasteiger partial charge in [-0.05, 0) is 69.7 Å². The van der Waals surface area contributed by atoms with Gasteiger partial charge in [0.05, 0.1) is 8.22 Å². The summed E-state index contributed by atoms with van der Waals surface area (Å²) in [5, 5.41) is 2.20. The van der Waals surface area contributed by atoms with Crippen LogP contribution in [0.2, 0.25) is 0 Å². The van der Waals surface area contributed by atoms with Crippen molar-refractivity contribution in [1.29, 1.82) is 0 Å². The molecule has 0 fully saturated rings.